The van der Waals surface area contributed by atoms with E-state index in [0.717, 1.165) is 40.7 Å². The number of carbonyl (C=O) groups excluding carboxylic acids is 1. The van der Waals surface area contributed by atoms with E-state index in [0.29, 0.717) is 18.1 Å². The molecule has 1 N–H and O–H groups in total. The molecule has 5 heterocycles. The Balaban J connectivity index is 1.45. The summed E-state index contributed by atoms with van der Waals surface area (Å²) in [7, 11) is 3.73. The van der Waals surface area contributed by atoms with Crippen LogP contribution in [0.3, 0.4) is 0 Å². The largest absolute Gasteiger partial charge is 0.341 e. The van der Waals surface area contributed by atoms with Crippen LogP contribution in [0.25, 0.3) is 11.1 Å². The number of aromatic nitrogens is 7. The predicted octanol–water partition coefficient (Wildman–Crippen LogP) is 2.82. The van der Waals surface area contributed by atoms with Gasteiger partial charge in [-0.25, -0.2) is 9.97 Å². The molecule has 1 amide bonds. The predicted molar refractivity (Wildman–Crippen MR) is 124 cm³/mol. The van der Waals surface area contributed by atoms with E-state index < -0.39 is 0 Å². The zero-order valence-corrected chi connectivity index (χ0v) is 19.4. The minimum Gasteiger partial charge on any atom is -0.341 e. The number of nitrogens with one attached hydrogen (secondary N) is 1. The highest BCUT2D eigenvalue weighted by Gasteiger charge is 2.31. The molecule has 0 bridgehead atoms. The van der Waals surface area contributed by atoms with Gasteiger partial charge in [0.25, 0.3) is 5.91 Å². The van der Waals surface area contributed by atoms with Crippen molar-refractivity contribution in [2.75, 3.05) is 5.32 Å². The molecule has 170 valence electrons. The van der Waals surface area contributed by atoms with Gasteiger partial charge in [0.05, 0.1) is 12.7 Å². The van der Waals surface area contributed by atoms with Gasteiger partial charge in [-0.3, -0.25) is 14.2 Å². The summed E-state index contributed by atoms with van der Waals surface area (Å²) in [5, 5.41) is 11.8. The van der Waals surface area contributed by atoms with E-state index in [9.17, 15) is 4.79 Å². The summed E-state index contributed by atoms with van der Waals surface area (Å²) in [6.45, 7) is 7.11. The molecule has 1 unspecified atom stereocenters. The summed E-state index contributed by atoms with van der Waals surface area (Å²) in [5.74, 6) is 3.07. The van der Waals surface area contributed by atoms with Crippen LogP contribution < -0.4 is 5.32 Å². The average Bonchev–Trinajstić information content (AvgIpc) is 3.45. The van der Waals surface area contributed by atoms with Gasteiger partial charge in [-0.1, -0.05) is 0 Å². The summed E-state index contributed by atoms with van der Waals surface area (Å²) in [6, 6.07) is 5.92. The Hall–Kier alpha value is -3.95. The first-order valence-corrected chi connectivity index (χ1v) is 10.9. The summed E-state index contributed by atoms with van der Waals surface area (Å²) >= 11 is 0. The Morgan fingerprint density at radius 2 is 2.00 bits per heavy atom. The third-order valence-corrected chi connectivity index (χ3v) is 6.13. The van der Waals surface area contributed by atoms with E-state index >= 15 is 0 Å². The van der Waals surface area contributed by atoms with Crippen molar-refractivity contribution in [2.45, 2.75) is 39.9 Å². The normalized spacial score (nSPS) is 15.7. The maximum absolute atomic E-state index is 13.4. The first kappa shape index (κ1) is 20.9. The molecular formula is C23H27N9O. The van der Waals surface area contributed by atoms with Crippen molar-refractivity contribution in [3.8, 4) is 11.1 Å². The van der Waals surface area contributed by atoms with Crippen LogP contribution in [0.4, 0.5) is 11.6 Å². The molecule has 1 aliphatic rings. The molecule has 1 atom stereocenters. The van der Waals surface area contributed by atoms with Crippen LogP contribution in [-0.2, 0) is 27.2 Å². The molecular weight excluding hydrogens is 418 g/mol. The average molecular weight is 446 g/mol. The highest BCUT2D eigenvalue weighted by molar-refractivity contribution is 5.95. The molecule has 0 saturated carbocycles. The number of pyridine rings is 1. The summed E-state index contributed by atoms with van der Waals surface area (Å²) < 4.78 is 5.55. The Morgan fingerprint density at radius 3 is 2.70 bits per heavy atom. The van der Waals surface area contributed by atoms with Gasteiger partial charge in [0.2, 0.25) is 0 Å². The van der Waals surface area contributed by atoms with E-state index in [1.54, 1.807) is 15.6 Å². The molecule has 0 aliphatic carbocycles. The maximum Gasteiger partial charge on any atom is 0.271 e. The summed E-state index contributed by atoms with van der Waals surface area (Å²) in [4.78, 5) is 24.3. The van der Waals surface area contributed by atoms with Crippen LogP contribution >= 0.6 is 0 Å². The van der Waals surface area contributed by atoms with Gasteiger partial charge in [0.15, 0.2) is 0 Å². The van der Waals surface area contributed by atoms with Gasteiger partial charge in [-0.15, -0.1) is 0 Å². The van der Waals surface area contributed by atoms with Crippen molar-refractivity contribution in [1.29, 1.82) is 0 Å². The molecule has 10 heteroatoms. The number of amides is 1. The van der Waals surface area contributed by atoms with Crippen LogP contribution in [0.15, 0.2) is 36.8 Å². The second-order valence-electron chi connectivity index (χ2n) is 8.60. The van der Waals surface area contributed by atoms with Crippen molar-refractivity contribution in [3.05, 3.63) is 59.7 Å². The number of aryl methyl sites for hydroxylation is 4. The van der Waals surface area contributed by atoms with Crippen molar-refractivity contribution < 1.29 is 4.79 Å². The third kappa shape index (κ3) is 3.77. The zero-order chi connectivity index (χ0) is 23.3. The Labute approximate surface area is 191 Å². The molecule has 1 aliphatic heterocycles. The summed E-state index contributed by atoms with van der Waals surface area (Å²) in [5.41, 5.74) is 3.75. The zero-order valence-electron chi connectivity index (χ0n) is 19.4. The number of hydrogen-bond donors (Lipinski definition) is 1. The number of hydrogen-bond acceptors (Lipinski definition) is 6. The van der Waals surface area contributed by atoms with Crippen molar-refractivity contribution in [2.24, 2.45) is 14.1 Å². The quantitative estimate of drug-likeness (QED) is 0.507. The Morgan fingerprint density at radius 1 is 1.18 bits per heavy atom. The number of nitrogens with zero attached hydrogens (tertiary/aromatic N) is 8. The highest BCUT2D eigenvalue weighted by atomic mass is 16.2. The lowest BCUT2D eigenvalue weighted by Crippen LogP contribution is -2.46. The van der Waals surface area contributed by atoms with Crippen LogP contribution in [-0.4, -0.2) is 50.9 Å². The Kier molecular flexibility index (Phi) is 4.99. The standard InChI is InChI=1S/C23H27N9O/c1-14-10-24-20(27-21-6-7-25-29(21)4)9-18(14)17-8-19-23(33)32(15(2)11-31(19)12-17)13-22-26-16(3)28-30(22)5/h6-10,12,15H,11,13H2,1-5H3,(H,24,27). The second kappa shape index (κ2) is 7.88. The fourth-order valence-corrected chi connectivity index (χ4v) is 4.32. The fourth-order valence-electron chi connectivity index (χ4n) is 4.32. The van der Waals surface area contributed by atoms with E-state index in [1.165, 1.54) is 0 Å². The molecule has 33 heavy (non-hydrogen) atoms. The lowest BCUT2D eigenvalue weighted by Gasteiger charge is -2.34. The van der Waals surface area contributed by atoms with Gasteiger partial charge < -0.3 is 14.8 Å². The van der Waals surface area contributed by atoms with Gasteiger partial charge >= 0.3 is 0 Å². The van der Waals surface area contributed by atoms with Crippen molar-refractivity contribution >= 4 is 17.5 Å². The maximum atomic E-state index is 13.4. The monoisotopic (exact) mass is 445 g/mol. The molecule has 0 radical (unpaired) electrons. The van der Waals surface area contributed by atoms with E-state index in [2.05, 4.69) is 43.2 Å². The van der Waals surface area contributed by atoms with E-state index in [4.69, 9.17) is 0 Å². The molecule has 4 aromatic rings. The molecule has 0 aromatic carbocycles. The minimum atomic E-state index is 0.000551. The van der Waals surface area contributed by atoms with E-state index in [1.807, 2.05) is 57.2 Å². The highest BCUT2D eigenvalue weighted by Crippen LogP contribution is 2.31. The fraction of sp³-hybridized carbons (Fsp3) is 0.348. The molecule has 0 saturated heterocycles. The topological polar surface area (TPSA) is 98.7 Å². The third-order valence-electron chi connectivity index (χ3n) is 6.13. The number of fused-ring (bicyclic) bond motifs is 1. The molecule has 0 spiro atoms. The molecule has 4 aromatic heterocycles. The summed E-state index contributed by atoms with van der Waals surface area (Å²) in [6.07, 6.45) is 5.64. The minimum absolute atomic E-state index is 0.000551. The number of rotatable bonds is 5. The lowest BCUT2D eigenvalue weighted by atomic mass is 10.1. The van der Waals surface area contributed by atoms with Gasteiger partial charge in [0.1, 0.15) is 29.0 Å². The van der Waals surface area contributed by atoms with Crippen LogP contribution in [0, 0.1) is 13.8 Å². The van der Waals surface area contributed by atoms with Crippen molar-refractivity contribution in [3.63, 3.8) is 0 Å². The van der Waals surface area contributed by atoms with Gasteiger partial charge in [-0.05, 0) is 44.0 Å². The Bertz CT molecular complexity index is 1350. The van der Waals surface area contributed by atoms with Gasteiger partial charge in [0, 0.05) is 50.7 Å². The first-order valence-electron chi connectivity index (χ1n) is 10.9. The van der Waals surface area contributed by atoms with E-state index in [-0.39, 0.29) is 11.9 Å². The lowest BCUT2D eigenvalue weighted by molar-refractivity contribution is 0.0587. The molecule has 0 fully saturated rings. The van der Waals surface area contributed by atoms with Gasteiger partial charge in [-0.2, -0.15) is 10.2 Å². The number of anilines is 2. The van der Waals surface area contributed by atoms with Crippen LogP contribution in [0.5, 0.6) is 0 Å². The van der Waals surface area contributed by atoms with Crippen LogP contribution in [0.1, 0.15) is 34.6 Å². The molecule has 5 rings (SSSR count). The smallest absolute Gasteiger partial charge is 0.271 e. The SMILES string of the molecule is Cc1nc(CN2C(=O)c3cc(-c4cc(Nc5ccnn5C)ncc4C)cn3CC2C)n(C)n1. The van der Waals surface area contributed by atoms with Crippen LogP contribution in [0.2, 0.25) is 0 Å². The first-order chi connectivity index (χ1) is 15.8. The second-order valence-corrected chi connectivity index (χ2v) is 8.60. The van der Waals surface area contributed by atoms with Crippen molar-refractivity contribution in [1.82, 2.24) is 39.0 Å². The number of carbonyl (C=O) groups is 1. The molecule has 10 nitrogen and oxygen atoms in total.